The Morgan fingerprint density at radius 2 is 1.77 bits per heavy atom. The highest BCUT2D eigenvalue weighted by atomic mass is 16.5. The first kappa shape index (κ1) is 19.4. The topological polar surface area (TPSA) is 32.8 Å². The maximum Gasteiger partial charge on any atom is 0.227 e. The summed E-state index contributed by atoms with van der Waals surface area (Å²) in [6, 6.07) is 9.01. The SMILES string of the molecule is CC(C)Cc1ccc(CC(=O)N2CCCC[C@H]2CN2CCOCC2)cc1. The van der Waals surface area contributed by atoms with Gasteiger partial charge in [0.05, 0.1) is 19.6 Å². The highest BCUT2D eigenvalue weighted by molar-refractivity contribution is 5.79. The van der Waals surface area contributed by atoms with Crippen molar-refractivity contribution in [1.29, 1.82) is 0 Å². The van der Waals surface area contributed by atoms with Crippen molar-refractivity contribution in [3.63, 3.8) is 0 Å². The van der Waals surface area contributed by atoms with Crippen LogP contribution in [0.3, 0.4) is 0 Å². The van der Waals surface area contributed by atoms with Gasteiger partial charge in [0.2, 0.25) is 5.91 Å². The molecule has 2 heterocycles. The monoisotopic (exact) mass is 358 g/mol. The van der Waals surface area contributed by atoms with Crippen molar-refractivity contribution in [1.82, 2.24) is 9.80 Å². The Morgan fingerprint density at radius 3 is 2.46 bits per heavy atom. The van der Waals surface area contributed by atoms with Crippen LogP contribution in [0.1, 0.15) is 44.2 Å². The summed E-state index contributed by atoms with van der Waals surface area (Å²) in [5, 5.41) is 0. The summed E-state index contributed by atoms with van der Waals surface area (Å²) in [4.78, 5) is 17.6. The molecule has 0 aliphatic carbocycles. The van der Waals surface area contributed by atoms with Gasteiger partial charge in [-0.15, -0.1) is 0 Å². The zero-order valence-electron chi connectivity index (χ0n) is 16.5. The summed E-state index contributed by atoms with van der Waals surface area (Å²) in [7, 11) is 0. The number of ether oxygens (including phenoxy) is 1. The number of piperidine rings is 1. The van der Waals surface area contributed by atoms with Crippen LogP contribution >= 0.6 is 0 Å². The first-order valence-corrected chi connectivity index (χ1v) is 10.3. The molecule has 0 saturated carbocycles. The maximum atomic E-state index is 13.0. The van der Waals surface area contributed by atoms with Crippen LogP contribution in [0.5, 0.6) is 0 Å². The molecule has 26 heavy (non-hydrogen) atoms. The molecule has 0 spiro atoms. The molecule has 0 bridgehead atoms. The Labute approximate surface area is 158 Å². The predicted molar refractivity (Wildman–Crippen MR) is 105 cm³/mol. The smallest absolute Gasteiger partial charge is 0.227 e. The minimum Gasteiger partial charge on any atom is -0.379 e. The zero-order chi connectivity index (χ0) is 18.4. The Bertz CT molecular complexity index is 564. The second kappa shape index (κ2) is 9.52. The zero-order valence-corrected chi connectivity index (χ0v) is 16.5. The third-order valence-electron chi connectivity index (χ3n) is 5.54. The lowest BCUT2D eigenvalue weighted by Crippen LogP contribution is -2.51. The van der Waals surface area contributed by atoms with Crippen LogP contribution in [-0.2, 0) is 22.4 Å². The van der Waals surface area contributed by atoms with Gasteiger partial charge in [-0.25, -0.2) is 0 Å². The van der Waals surface area contributed by atoms with Crippen LogP contribution in [0.2, 0.25) is 0 Å². The van der Waals surface area contributed by atoms with Gasteiger partial charge < -0.3 is 9.64 Å². The molecule has 0 aromatic heterocycles. The molecule has 4 heteroatoms. The average molecular weight is 359 g/mol. The number of likely N-dealkylation sites (tertiary alicyclic amines) is 1. The number of amides is 1. The van der Waals surface area contributed by atoms with Gasteiger partial charge in [-0.3, -0.25) is 9.69 Å². The molecule has 0 radical (unpaired) electrons. The number of hydrogen-bond acceptors (Lipinski definition) is 3. The molecule has 3 rings (SSSR count). The van der Waals surface area contributed by atoms with Gasteiger partial charge in [-0.1, -0.05) is 38.1 Å². The molecule has 0 unspecified atom stereocenters. The van der Waals surface area contributed by atoms with Gasteiger partial charge in [-0.2, -0.15) is 0 Å². The Kier molecular flexibility index (Phi) is 7.09. The van der Waals surface area contributed by atoms with Crippen LogP contribution in [-0.4, -0.2) is 61.1 Å². The van der Waals surface area contributed by atoms with Gasteiger partial charge in [0.1, 0.15) is 0 Å². The van der Waals surface area contributed by atoms with E-state index in [1.807, 2.05) is 0 Å². The maximum absolute atomic E-state index is 13.0. The molecule has 2 saturated heterocycles. The molecule has 2 fully saturated rings. The van der Waals surface area contributed by atoms with Crippen molar-refractivity contribution in [2.45, 2.75) is 52.0 Å². The largest absolute Gasteiger partial charge is 0.379 e. The Balaban J connectivity index is 1.57. The molecule has 0 N–H and O–H groups in total. The van der Waals surface area contributed by atoms with Crippen molar-refractivity contribution in [2.75, 3.05) is 39.4 Å². The third-order valence-corrected chi connectivity index (χ3v) is 5.54. The standard InChI is InChI=1S/C22H34N2O2/c1-18(2)15-19-6-8-20(9-7-19)16-22(25)24-10-4-3-5-21(24)17-23-11-13-26-14-12-23/h6-9,18,21H,3-5,10-17H2,1-2H3/t21-/m0/s1. The number of nitrogens with zero attached hydrogens (tertiary/aromatic N) is 2. The summed E-state index contributed by atoms with van der Waals surface area (Å²) in [5.74, 6) is 0.955. The van der Waals surface area contributed by atoms with Crippen LogP contribution < -0.4 is 0 Å². The summed E-state index contributed by atoms with van der Waals surface area (Å²) < 4.78 is 5.45. The lowest BCUT2D eigenvalue weighted by Gasteiger charge is -2.39. The number of carbonyl (C=O) groups excluding carboxylic acids is 1. The molecule has 2 aliphatic heterocycles. The van der Waals surface area contributed by atoms with Crippen molar-refractivity contribution >= 4 is 5.91 Å². The van der Waals surface area contributed by atoms with Crippen molar-refractivity contribution in [3.05, 3.63) is 35.4 Å². The summed E-state index contributed by atoms with van der Waals surface area (Å²) in [5.41, 5.74) is 2.50. The summed E-state index contributed by atoms with van der Waals surface area (Å²) in [6.45, 7) is 10.0. The molecular weight excluding hydrogens is 324 g/mol. The van der Waals surface area contributed by atoms with Crippen molar-refractivity contribution < 1.29 is 9.53 Å². The van der Waals surface area contributed by atoms with Crippen LogP contribution in [0.4, 0.5) is 0 Å². The van der Waals surface area contributed by atoms with E-state index in [-0.39, 0.29) is 0 Å². The van der Waals surface area contributed by atoms with Crippen LogP contribution in [0, 0.1) is 5.92 Å². The predicted octanol–water partition coefficient (Wildman–Crippen LogP) is 3.14. The van der Waals surface area contributed by atoms with E-state index in [0.717, 1.165) is 64.2 Å². The van der Waals surface area contributed by atoms with Crippen molar-refractivity contribution in [2.24, 2.45) is 5.92 Å². The van der Waals surface area contributed by atoms with E-state index in [1.165, 1.54) is 12.0 Å². The van der Waals surface area contributed by atoms with E-state index >= 15 is 0 Å². The number of morpholine rings is 1. The lowest BCUT2D eigenvalue weighted by atomic mass is 9.98. The molecule has 1 amide bonds. The number of hydrogen-bond donors (Lipinski definition) is 0. The lowest BCUT2D eigenvalue weighted by molar-refractivity contribution is -0.134. The Hall–Kier alpha value is -1.39. The van der Waals surface area contributed by atoms with E-state index in [4.69, 9.17) is 4.74 Å². The first-order valence-electron chi connectivity index (χ1n) is 10.3. The second-order valence-corrected chi connectivity index (χ2v) is 8.24. The van der Waals surface area contributed by atoms with Gasteiger partial charge in [0.15, 0.2) is 0 Å². The van der Waals surface area contributed by atoms with Gasteiger partial charge in [0.25, 0.3) is 0 Å². The van der Waals surface area contributed by atoms with E-state index in [2.05, 4.69) is 47.9 Å². The van der Waals surface area contributed by atoms with E-state index in [1.54, 1.807) is 0 Å². The Morgan fingerprint density at radius 1 is 1.08 bits per heavy atom. The molecular formula is C22H34N2O2. The molecule has 144 valence electrons. The molecule has 4 nitrogen and oxygen atoms in total. The van der Waals surface area contributed by atoms with E-state index in [0.29, 0.717) is 24.3 Å². The highest BCUT2D eigenvalue weighted by Crippen LogP contribution is 2.20. The minimum absolute atomic E-state index is 0.291. The van der Waals surface area contributed by atoms with E-state index in [9.17, 15) is 4.79 Å². The molecule has 1 aromatic carbocycles. The summed E-state index contributed by atoms with van der Waals surface area (Å²) in [6.07, 6.45) is 5.14. The van der Waals surface area contributed by atoms with Crippen molar-refractivity contribution in [3.8, 4) is 0 Å². The fourth-order valence-electron chi connectivity index (χ4n) is 4.14. The highest BCUT2D eigenvalue weighted by Gasteiger charge is 2.28. The van der Waals surface area contributed by atoms with Gasteiger partial charge in [-0.05, 0) is 42.7 Å². The first-order chi connectivity index (χ1) is 12.6. The molecule has 1 aromatic rings. The van der Waals surface area contributed by atoms with Crippen LogP contribution in [0.25, 0.3) is 0 Å². The average Bonchev–Trinajstić information content (AvgIpc) is 2.64. The molecule has 1 atom stereocenters. The number of rotatable bonds is 6. The fourth-order valence-corrected chi connectivity index (χ4v) is 4.14. The van der Waals surface area contributed by atoms with E-state index < -0.39 is 0 Å². The normalized spacial score (nSPS) is 22.0. The quantitative estimate of drug-likeness (QED) is 0.783. The molecule has 2 aliphatic rings. The third kappa shape index (κ3) is 5.55. The summed E-state index contributed by atoms with van der Waals surface area (Å²) >= 11 is 0. The van der Waals surface area contributed by atoms with Gasteiger partial charge in [0, 0.05) is 32.2 Å². The number of benzene rings is 1. The fraction of sp³-hybridized carbons (Fsp3) is 0.682. The van der Waals surface area contributed by atoms with Gasteiger partial charge >= 0.3 is 0 Å². The minimum atomic E-state index is 0.291. The number of carbonyl (C=O) groups is 1. The second-order valence-electron chi connectivity index (χ2n) is 8.24. The van der Waals surface area contributed by atoms with Crippen LogP contribution in [0.15, 0.2) is 24.3 Å².